The molecular formula is C19H31N3O2. The average molecular weight is 333 g/mol. The first-order chi connectivity index (χ1) is 11.6. The summed E-state index contributed by atoms with van der Waals surface area (Å²) >= 11 is 0. The van der Waals surface area contributed by atoms with Crippen LogP contribution in [0.4, 0.5) is 0 Å². The Morgan fingerprint density at radius 3 is 2.21 bits per heavy atom. The lowest BCUT2D eigenvalue weighted by molar-refractivity contribution is -0.131. The third kappa shape index (κ3) is 3.61. The lowest BCUT2D eigenvalue weighted by Gasteiger charge is -2.56. The molecule has 0 radical (unpaired) electrons. The first-order valence-electron chi connectivity index (χ1n) is 9.87. The molecule has 1 heterocycles. The highest BCUT2D eigenvalue weighted by atomic mass is 16.2. The van der Waals surface area contributed by atoms with Crippen LogP contribution in [0.15, 0.2) is 0 Å². The molecule has 1 aliphatic heterocycles. The Bertz CT molecular complexity index is 464. The zero-order valence-electron chi connectivity index (χ0n) is 14.6. The second kappa shape index (κ2) is 6.66. The normalized spacial score (nSPS) is 39.8. The molecule has 5 nitrogen and oxygen atoms in total. The molecule has 4 aliphatic carbocycles. The lowest BCUT2D eigenvalue weighted by Crippen LogP contribution is -2.48. The van der Waals surface area contributed by atoms with Crippen molar-refractivity contribution in [2.75, 3.05) is 19.6 Å². The van der Waals surface area contributed by atoms with E-state index in [1.165, 1.54) is 44.9 Å². The summed E-state index contributed by atoms with van der Waals surface area (Å²) in [5.74, 6) is 2.61. The predicted octanol–water partition coefficient (Wildman–Crippen LogP) is 1.58. The maximum atomic E-state index is 12.4. The molecule has 4 bridgehead atoms. The lowest BCUT2D eigenvalue weighted by atomic mass is 9.49. The van der Waals surface area contributed by atoms with Gasteiger partial charge in [-0.05, 0) is 81.1 Å². The van der Waals surface area contributed by atoms with Gasteiger partial charge in [0.05, 0.1) is 6.54 Å². The molecule has 2 amide bonds. The SMILES string of the molecule is O=C(CNC(=O)CC12CC3CC(CC(C3)C1)C2)NCC1CCCN1. The molecule has 1 atom stereocenters. The van der Waals surface area contributed by atoms with Gasteiger partial charge in [0.1, 0.15) is 0 Å². The number of rotatable bonds is 6. The molecule has 0 aromatic rings. The Morgan fingerprint density at radius 1 is 0.958 bits per heavy atom. The van der Waals surface area contributed by atoms with E-state index in [0.29, 0.717) is 19.0 Å². The molecule has 0 aromatic carbocycles. The summed E-state index contributed by atoms with van der Waals surface area (Å²) in [6.45, 7) is 1.84. The monoisotopic (exact) mass is 333 g/mol. The van der Waals surface area contributed by atoms with Gasteiger partial charge in [-0.2, -0.15) is 0 Å². The van der Waals surface area contributed by atoms with Gasteiger partial charge in [0, 0.05) is 19.0 Å². The van der Waals surface area contributed by atoms with Crippen molar-refractivity contribution in [3.8, 4) is 0 Å². The number of hydrogen-bond acceptors (Lipinski definition) is 3. The van der Waals surface area contributed by atoms with E-state index in [0.717, 1.165) is 30.7 Å². The van der Waals surface area contributed by atoms with Gasteiger partial charge in [-0.25, -0.2) is 0 Å². The summed E-state index contributed by atoms with van der Waals surface area (Å²) in [6.07, 6.45) is 10.9. The minimum Gasteiger partial charge on any atom is -0.353 e. The highest BCUT2D eigenvalue weighted by Gasteiger charge is 2.51. The second-order valence-electron chi connectivity index (χ2n) is 8.97. The Hall–Kier alpha value is -1.10. The summed E-state index contributed by atoms with van der Waals surface area (Å²) in [4.78, 5) is 24.3. The number of hydrogen-bond donors (Lipinski definition) is 3. The Labute approximate surface area is 144 Å². The predicted molar refractivity (Wildman–Crippen MR) is 92.3 cm³/mol. The maximum absolute atomic E-state index is 12.4. The van der Waals surface area contributed by atoms with E-state index < -0.39 is 0 Å². The van der Waals surface area contributed by atoms with Gasteiger partial charge in [-0.3, -0.25) is 9.59 Å². The van der Waals surface area contributed by atoms with E-state index in [4.69, 9.17) is 0 Å². The van der Waals surface area contributed by atoms with E-state index >= 15 is 0 Å². The van der Waals surface area contributed by atoms with Gasteiger partial charge in [-0.15, -0.1) is 0 Å². The van der Waals surface area contributed by atoms with Gasteiger partial charge in [0.15, 0.2) is 0 Å². The Kier molecular flexibility index (Phi) is 4.54. The molecule has 5 rings (SSSR count). The fourth-order valence-corrected chi connectivity index (χ4v) is 6.32. The van der Waals surface area contributed by atoms with Gasteiger partial charge in [0.2, 0.25) is 11.8 Å². The highest BCUT2D eigenvalue weighted by Crippen LogP contribution is 2.61. The number of nitrogens with one attached hydrogen (secondary N) is 3. The van der Waals surface area contributed by atoms with Gasteiger partial charge < -0.3 is 16.0 Å². The number of carbonyl (C=O) groups is 2. The van der Waals surface area contributed by atoms with Crippen LogP contribution in [0.25, 0.3) is 0 Å². The third-order valence-electron chi connectivity index (χ3n) is 6.85. The third-order valence-corrected chi connectivity index (χ3v) is 6.85. The number of amides is 2. The molecule has 5 aliphatic rings. The Morgan fingerprint density at radius 2 is 1.62 bits per heavy atom. The van der Waals surface area contributed by atoms with Crippen LogP contribution in [0.5, 0.6) is 0 Å². The maximum Gasteiger partial charge on any atom is 0.239 e. The molecule has 5 heteroatoms. The molecule has 134 valence electrons. The minimum absolute atomic E-state index is 0.0671. The largest absolute Gasteiger partial charge is 0.353 e. The summed E-state index contributed by atoms with van der Waals surface area (Å²) in [5, 5.41) is 9.14. The quantitative estimate of drug-likeness (QED) is 0.691. The van der Waals surface area contributed by atoms with Crippen molar-refractivity contribution in [3.05, 3.63) is 0 Å². The topological polar surface area (TPSA) is 70.2 Å². The van der Waals surface area contributed by atoms with Crippen LogP contribution in [0.3, 0.4) is 0 Å². The first-order valence-corrected chi connectivity index (χ1v) is 9.87. The molecule has 0 aromatic heterocycles. The molecule has 0 spiro atoms. The molecular weight excluding hydrogens is 302 g/mol. The van der Waals surface area contributed by atoms with E-state index in [9.17, 15) is 9.59 Å². The molecule has 1 saturated heterocycles. The van der Waals surface area contributed by atoms with Crippen molar-refractivity contribution < 1.29 is 9.59 Å². The van der Waals surface area contributed by atoms with Crippen LogP contribution in [0, 0.1) is 23.2 Å². The van der Waals surface area contributed by atoms with Crippen molar-refractivity contribution in [2.24, 2.45) is 23.2 Å². The van der Waals surface area contributed by atoms with Crippen molar-refractivity contribution >= 4 is 11.8 Å². The fraction of sp³-hybridized carbons (Fsp3) is 0.895. The van der Waals surface area contributed by atoms with Gasteiger partial charge in [0.25, 0.3) is 0 Å². The van der Waals surface area contributed by atoms with Crippen molar-refractivity contribution in [3.63, 3.8) is 0 Å². The van der Waals surface area contributed by atoms with Crippen molar-refractivity contribution in [2.45, 2.75) is 63.8 Å². The van der Waals surface area contributed by atoms with Crippen molar-refractivity contribution in [1.29, 1.82) is 0 Å². The standard InChI is InChI=1S/C19H31N3O2/c23-17(22-12-18(24)21-11-16-2-1-3-20-16)10-19-7-13-4-14(8-19)6-15(5-13)9-19/h13-16,20H,1-12H2,(H,21,24)(H,22,23). The average Bonchev–Trinajstić information content (AvgIpc) is 3.02. The first kappa shape index (κ1) is 16.4. The molecule has 3 N–H and O–H groups in total. The van der Waals surface area contributed by atoms with Gasteiger partial charge in [-0.1, -0.05) is 0 Å². The Balaban J connectivity index is 1.20. The molecule has 1 unspecified atom stereocenters. The van der Waals surface area contributed by atoms with Gasteiger partial charge >= 0.3 is 0 Å². The van der Waals surface area contributed by atoms with Crippen LogP contribution >= 0.6 is 0 Å². The van der Waals surface area contributed by atoms with E-state index in [2.05, 4.69) is 16.0 Å². The zero-order valence-corrected chi connectivity index (χ0v) is 14.6. The minimum atomic E-state index is -0.0671. The van der Waals surface area contributed by atoms with Crippen LogP contribution in [0.1, 0.15) is 57.8 Å². The zero-order chi connectivity index (χ0) is 16.6. The summed E-state index contributed by atoms with van der Waals surface area (Å²) in [7, 11) is 0. The molecule has 4 saturated carbocycles. The number of carbonyl (C=O) groups excluding carboxylic acids is 2. The van der Waals surface area contributed by atoms with Crippen LogP contribution in [-0.2, 0) is 9.59 Å². The molecule has 5 fully saturated rings. The highest BCUT2D eigenvalue weighted by molar-refractivity contribution is 5.85. The van der Waals surface area contributed by atoms with E-state index in [1.807, 2.05) is 0 Å². The van der Waals surface area contributed by atoms with Crippen LogP contribution in [-0.4, -0.2) is 37.5 Å². The molecule has 24 heavy (non-hydrogen) atoms. The summed E-state index contributed by atoms with van der Waals surface area (Å²) < 4.78 is 0. The van der Waals surface area contributed by atoms with E-state index in [1.54, 1.807) is 0 Å². The van der Waals surface area contributed by atoms with Crippen LogP contribution in [0.2, 0.25) is 0 Å². The van der Waals surface area contributed by atoms with E-state index in [-0.39, 0.29) is 23.8 Å². The summed E-state index contributed by atoms with van der Waals surface area (Å²) in [6, 6.07) is 0.400. The van der Waals surface area contributed by atoms with Crippen molar-refractivity contribution in [1.82, 2.24) is 16.0 Å². The summed E-state index contributed by atoms with van der Waals surface area (Å²) in [5.41, 5.74) is 0.253. The second-order valence-corrected chi connectivity index (χ2v) is 8.97. The van der Waals surface area contributed by atoms with Crippen LogP contribution < -0.4 is 16.0 Å². The fourth-order valence-electron chi connectivity index (χ4n) is 6.32. The smallest absolute Gasteiger partial charge is 0.239 e.